The molecule has 5 heteroatoms. The molecule has 0 aromatic carbocycles. The molecular weight excluding hydrogens is 216 g/mol. The molecule has 1 aliphatic rings. The topological polar surface area (TPSA) is 65.6 Å². The van der Waals surface area contributed by atoms with Crippen molar-refractivity contribution in [2.45, 2.75) is 19.3 Å². The summed E-state index contributed by atoms with van der Waals surface area (Å²) in [4.78, 5) is 4.84. The Kier molecular flexibility index (Phi) is 7.16. The van der Waals surface area contributed by atoms with Crippen LogP contribution in [0.15, 0.2) is 0 Å². The summed E-state index contributed by atoms with van der Waals surface area (Å²) in [6.45, 7) is 7.20. The highest BCUT2D eigenvalue weighted by Gasteiger charge is 2.13. The van der Waals surface area contributed by atoms with Crippen LogP contribution in [-0.2, 0) is 4.74 Å². The number of hydrogen-bond donors (Lipinski definition) is 2. The number of likely N-dealkylation sites (tertiary alicyclic amines) is 1. The van der Waals surface area contributed by atoms with Gasteiger partial charge in [-0.1, -0.05) is 0 Å². The smallest absolute Gasteiger partial charge is 0.0918 e. The summed E-state index contributed by atoms with van der Waals surface area (Å²) < 4.78 is 5.11. The minimum Gasteiger partial charge on any atom is -0.388 e. The second kappa shape index (κ2) is 8.44. The first-order valence-electron chi connectivity index (χ1n) is 6.49. The lowest BCUT2D eigenvalue weighted by atomic mass is 10.3. The van der Waals surface area contributed by atoms with Gasteiger partial charge in [-0.05, 0) is 25.9 Å². The monoisotopic (exact) mass is 242 g/mol. The van der Waals surface area contributed by atoms with Crippen molar-refractivity contribution in [3.8, 4) is 0 Å². The molecule has 0 spiro atoms. The Labute approximate surface area is 104 Å². The fourth-order valence-corrected chi connectivity index (χ4v) is 2.12. The van der Waals surface area contributed by atoms with E-state index in [-0.39, 0.29) is 5.84 Å². The number of nitrogens with one attached hydrogen (secondary N) is 1. The molecule has 0 atom stereocenters. The Morgan fingerprint density at radius 2 is 2.00 bits per heavy atom. The molecule has 0 saturated carbocycles. The SMILES string of the molecule is COCCN(CCC(=N)N)CCN1CCCC1. The van der Waals surface area contributed by atoms with E-state index in [1.807, 2.05) is 0 Å². The maximum atomic E-state index is 7.27. The summed E-state index contributed by atoms with van der Waals surface area (Å²) in [5.74, 6) is 0.272. The largest absolute Gasteiger partial charge is 0.388 e. The predicted molar refractivity (Wildman–Crippen MR) is 70.5 cm³/mol. The van der Waals surface area contributed by atoms with Crippen LogP contribution in [0.4, 0.5) is 0 Å². The molecule has 0 unspecified atom stereocenters. The Balaban J connectivity index is 2.20. The van der Waals surface area contributed by atoms with Gasteiger partial charge in [0, 0.05) is 39.7 Å². The van der Waals surface area contributed by atoms with Gasteiger partial charge in [0.1, 0.15) is 0 Å². The molecule has 100 valence electrons. The first-order valence-corrected chi connectivity index (χ1v) is 6.49. The van der Waals surface area contributed by atoms with Crippen LogP contribution in [0.5, 0.6) is 0 Å². The van der Waals surface area contributed by atoms with E-state index in [1.165, 1.54) is 25.9 Å². The molecule has 1 rings (SSSR count). The van der Waals surface area contributed by atoms with Gasteiger partial charge in [-0.3, -0.25) is 10.3 Å². The standard InChI is InChI=1S/C12H26N4O/c1-17-11-10-16(7-4-12(13)14)9-8-15-5-2-3-6-15/h2-11H2,1H3,(H3,13,14). The lowest BCUT2D eigenvalue weighted by Gasteiger charge is -2.24. The van der Waals surface area contributed by atoms with Gasteiger partial charge in [0.25, 0.3) is 0 Å². The summed E-state index contributed by atoms with van der Waals surface area (Å²) in [6.07, 6.45) is 3.33. The Hall–Kier alpha value is -0.650. The van der Waals surface area contributed by atoms with Crippen LogP contribution in [0.1, 0.15) is 19.3 Å². The van der Waals surface area contributed by atoms with Crippen molar-refractivity contribution in [1.29, 1.82) is 5.41 Å². The number of nitrogens with two attached hydrogens (primary N) is 1. The molecule has 1 saturated heterocycles. The van der Waals surface area contributed by atoms with Gasteiger partial charge in [-0.25, -0.2) is 0 Å². The molecule has 0 amide bonds. The second-order valence-corrected chi connectivity index (χ2v) is 4.66. The van der Waals surface area contributed by atoms with E-state index in [0.29, 0.717) is 6.42 Å². The summed E-state index contributed by atoms with van der Waals surface area (Å²) >= 11 is 0. The van der Waals surface area contributed by atoms with Crippen molar-refractivity contribution in [2.75, 3.05) is 53.0 Å². The molecule has 3 N–H and O–H groups in total. The van der Waals surface area contributed by atoms with Gasteiger partial charge in [0.2, 0.25) is 0 Å². The van der Waals surface area contributed by atoms with Crippen LogP contribution in [0.25, 0.3) is 0 Å². The highest BCUT2D eigenvalue weighted by molar-refractivity contribution is 5.76. The minimum atomic E-state index is 0.272. The summed E-state index contributed by atoms with van der Waals surface area (Å²) in [5, 5.41) is 7.27. The third-order valence-electron chi connectivity index (χ3n) is 3.24. The molecule has 0 aromatic rings. The fraction of sp³-hybridized carbons (Fsp3) is 0.917. The molecule has 1 aliphatic heterocycles. The van der Waals surface area contributed by atoms with E-state index in [9.17, 15) is 0 Å². The number of nitrogens with zero attached hydrogens (tertiary/aromatic N) is 2. The summed E-state index contributed by atoms with van der Waals surface area (Å²) in [6, 6.07) is 0. The quantitative estimate of drug-likeness (QED) is 0.452. The lowest BCUT2D eigenvalue weighted by molar-refractivity contribution is 0.141. The molecule has 1 fully saturated rings. The summed E-state index contributed by atoms with van der Waals surface area (Å²) in [5.41, 5.74) is 5.40. The molecule has 0 bridgehead atoms. The number of hydrogen-bond acceptors (Lipinski definition) is 4. The van der Waals surface area contributed by atoms with Gasteiger partial charge in [-0.2, -0.15) is 0 Å². The van der Waals surface area contributed by atoms with E-state index in [1.54, 1.807) is 7.11 Å². The zero-order valence-corrected chi connectivity index (χ0v) is 11.0. The van der Waals surface area contributed by atoms with Crippen molar-refractivity contribution >= 4 is 5.84 Å². The molecule has 0 aromatic heterocycles. The maximum absolute atomic E-state index is 7.27. The maximum Gasteiger partial charge on any atom is 0.0918 e. The van der Waals surface area contributed by atoms with Crippen molar-refractivity contribution in [1.82, 2.24) is 9.80 Å². The average molecular weight is 242 g/mol. The molecule has 0 radical (unpaired) electrons. The molecule has 17 heavy (non-hydrogen) atoms. The lowest BCUT2D eigenvalue weighted by Crippen LogP contribution is -2.37. The fourth-order valence-electron chi connectivity index (χ4n) is 2.12. The third kappa shape index (κ3) is 6.61. The first-order chi connectivity index (χ1) is 8.22. The Bertz CT molecular complexity index is 217. The van der Waals surface area contributed by atoms with Crippen LogP contribution >= 0.6 is 0 Å². The van der Waals surface area contributed by atoms with Crippen molar-refractivity contribution in [3.05, 3.63) is 0 Å². The van der Waals surface area contributed by atoms with E-state index in [4.69, 9.17) is 15.9 Å². The van der Waals surface area contributed by atoms with Crippen LogP contribution in [0.2, 0.25) is 0 Å². The number of rotatable bonds is 9. The van der Waals surface area contributed by atoms with Crippen molar-refractivity contribution < 1.29 is 4.74 Å². The average Bonchev–Trinajstić information content (AvgIpc) is 2.80. The zero-order valence-electron chi connectivity index (χ0n) is 11.0. The highest BCUT2D eigenvalue weighted by atomic mass is 16.5. The number of methoxy groups -OCH3 is 1. The van der Waals surface area contributed by atoms with Crippen LogP contribution in [-0.4, -0.2) is 68.6 Å². The molecule has 1 heterocycles. The normalized spacial score (nSPS) is 16.8. The van der Waals surface area contributed by atoms with E-state index in [0.717, 1.165) is 32.8 Å². The van der Waals surface area contributed by atoms with E-state index >= 15 is 0 Å². The van der Waals surface area contributed by atoms with Crippen LogP contribution in [0, 0.1) is 5.41 Å². The van der Waals surface area contributed by atoms with Crippen LogP contribution < -0.4 is 5.73 Å². The Morgan fingerprint density at radius 3 is 2.59 bits per heavy atom. The van der Waals surface area contributed by atoms with Crippen molar-refractivity contribution in [3.63, 3.8) is 0 Å². The Morgan fingerprint density at radius 1 is 1.29 bits per heavy atom. The number of amidine groups is 1. The number of ether oxygens (including phenoxy) is 1. The third-order valence-corrected chi connectivity index (χ3v) is 3.24. The molecular formula is C12H26N4O. The van der Waals surface area contributed by atoms with Crippen LogP contribution in [0.3, 0.4) is 0 Å². The highest BCUT2D eigenvalue weighted by Crippen LogP contribution is 2.06. The first kappa shape index (κ1) is 14.4. The predicted octanol–water partition coefficient (Wildman–Crippen LogP) is 0.357. The molecule has 5 nitrogen and oxygen atoms in total. The van der Waals surface area contributed by atoms with E-state index < -0.39 is 0 Å². The zero-order chi connectivity index (χ0) is 12.5. The van der Waals surface area contributed by atoms with E-state index in [2.05, 4.69) is 9.80 Å². The second-order valence-electron chi connectivity index (χ2n) is 4.66. The molecule has 0 aliphatic carbocycles. The van der Waals surface area contributed by atoms with Gasteiger partial charge < -0.3 is 15.4 Å². The van der Waals surface area contributed by atoms with Crippen molar-refractivity contribution in [2.24, 2.45) is 5.73 Å². The van der Waals surface area contributed by atoms with Gasteiger partial charge in [0.05, 0.1) is 12.4 Å². The summed E-state index contributed by atoms with van der Waals surface area (Å²) in [7, 11) is 1.73. The van der Waals surface area contributed by atoms with Gasteiger partial charge in [0.15, 0.2) is 0 Å². The van der Waals surface area contributed by atoms with Gasteiger partial charge in [-0.15, -0.1) is 0 Å². The minimum absolute atomic E-state index is 0.272. The van der Waals surface area contributed by atoms with Gasteiger partial charge >= 0.3 is 0 Å².